The highest BCUT2D eigenvalue weighted by molar-refractivity contribution is 8.55. The molecule has 16 heavy (non-hydrogen) atoms. The van der Waals surface area contributed by atoms with E-state index in [1.807, 2.05) is 6.92 Å². The van der Waals surface area contributed by atoms with Crippen LogP contribution in [0.15, 0.2) is 24.3 Å². The zero-order valence-corrected chi connectivity index (χ0v) is 11.6. The maximum absolute atomic E-state index is 12.1. The Morgan fingerprint density at radius 3 is 2.50 bits per heavy atom. The van der Waals surface area contributed by atoms with Gasteiger partial charge in [0.2, 0.25) is 0 Å². The second kappa shape index (κ2) is 6.55. The van der Waals surface area contributed by atoms with Crippen molar-refractivity contribution >= 4 is 29.8 Å². The molecule has 0 N–H and O–H groups in total. The number of halogens is 1. The Balaban J connectivity index is 2.69. The Bertz CT molecular complexity index is 369. The van der Waals surface area contributed by atoms with Crippen LogP contribution in [0.4, 0.5) is 0 Å². The van der Waals surface area contributed by atoms with Crippen molar-refractivity contribution in [3.8, 4) is 5.75 Å². The average molecular weight is 281 g/mol. The Kier molecular flexibility index (Phi) is 5.70. The van der Waals surface area contributed by atoms with Gasteiger partial charge in [0, 0.05) is 17.9 Å². The molecule has 0 bridgehead atoms. The average Bonchev–Trinajstić information content (AvgIpc) is 2.30. The Morgan fingerprint density at radius 2 is 2.00 bits per heavy atom. The van der Waals surface area contributed by atoms with Gasteiger partial charge in [-0.25, -0.2) is 4.57 Å². The molecular weight excluding hydrogens is 267 g/mol. The van der Waals surface area contributed by atoms with Crippen LogP contribution in [0.2, 0.25) is 5.02 Å². The van der Waals surface area contributed by atoms with Gasteiger partial charge in [-0.3, -0.25) is 4.52 Å². The third kappa shape index (κ3) is 4.38. The van der Waals surface area contributed by atoms with Gasteiger partial charge in [0.1, 0.15) is 5.75 Å². The molecule has 0 fully saturated rings. The molecule has 1 unspecified atom stereocenters. The van der Waals surface area contributed by atoms with Gasteiger partial charge in [-0.1, -0.05) is 18.5 Å². The highest BCUT2D eigenvalue weighted by atomic mass is 35.5. The van der Waals surface area contributed by atoms with Gasteiger partial charge in [0.15, 0.2) is 0 Å². The third-order valence-corrected chi connectivity index (χ3v) is 5.92. The van der Waals surface area contributed by atoms with E-state index >= 15 is 0 Å². The van der Waals surface area contributed by atoms with Crippen molar-refractivity contribution in [2.24, 2.45) is 0 Å². The molecule has 0 aliphatic carbocycles. The van der Waals surface area contributed by atoms with E-state index in [-0.39, 0.29) is 0 Å². The normalized spacial score (nSPS) is 14.4. The van der Waals surface area contributed by atoms with Crippen LogP contribution in [0.1, 0.15) is 13.3 Å². The summed E-state index contributed by atoms with van der Waals surface area (Å²) < 4.78 is 22.4. The lowest BCUT2D eigenvalue weighted by Crippen LogP contribution is -1.92. The summed E-state index contributed by atoms with van der Waals surface area (Å²) in [5, 5.41) is 0.612. The molecule has 0 amide bonds. The zero-order chi connectivity index (χ0) is 12.0. The van der Waals surface area contributed by atoms with Crippen molar-refractivity contribution in [2.75, 3.05) is 12.9 Å². The molecule has 0 saturated carbocycles. The smallest absolute Gasteiger partial charge is 0.417 e. The highest BCUT2D eigenvalue weighted by Gasteiger charge is 2.24. The molecule has 0 aliphatic rings. The maximum Gasteiger partial charge on any atom is 0.439 e. The van der Waals surface area contributed by atoms with E-state index in [1.165, 1.54) is 18.5 Å². The lowest BCUT2D eigenvalue weighted by Gasteiger charge is -2.15. The molecule has 1 atom stereocenters. The lowest BCUT2D eigenvalue weighted by molar-refractivity contribution is 0.342. The highest BCUT2D eigenvalue weighted by Crippen LogP contribution is 2.59. The van der Waals surface area contributed by atoms with E-state index in [0.717, 1.165) is 12.2 Å². The summed E-state index contributed by atoms with van der Waals surface area (Å²) in [4.78, 5) is 0. The van der Waals surface area contributed by atoms with Gasteiger partial charge < -0.3 is 4.52 Å². The van der Waals surface area contributed by atoms with Crippen LogP contribution < -0.4 is 4.52 Å². The van der Waals surface area contributed by atoms with Gasteiger partial charge in [0.25, 0.3) is 0 Å². The molecule has 0 aliphatic heterocycles. The minimum Gasteiger partial charge on any atom is -0.417 e. The SMILES string of the molecule is CCCSP(=O)(OC)Oc1ccc(Cl)cc1. The number of rotatable bonds is 6. The Morgan fingerprint density at radius 1 is 1.38 bits per heavy atom. The van der Waals surface area contributed by atoms with Crippen LogP contribution in [0.5, 0.6) is 5.75 Å². The standard InChI is InChI=1S/C10H14ClO3PS/c1-3-8-16-15(12,13-2)14-10-6-4-9(11)5-7-10/h4-7H,3,8H2,1-2H3. The van der Waals surface area contributed by atoms with Gasteiger partial charge in [-0.05, 0) is 42.1 Å². The molecule has 0 spiro atoms. The number of hydrogen-bond acceptors (Lipinski definition) is 4. The molecule has 90 valence electrons. The van der Waals surface area contributed by atoms with Crippen LogP contribution in [0.25, 0.3) is 0 Å². The molecule has 1 rings (SSSR count). The minimum absolute atomic E-state index is 0.498. The van der Waals surface area contributed by atoms with E-state index in [9.17, 15) is 4.57 Å². The summed E-state index contributed by atoms with van der Waals surface area (Å²) in [5.41, 5.74) is 0. The summed E-state index contributed by atoms with van der Waals surface area (Å²) in [6.45, 7) is -1.07. The number of hydrogen-bond donors (Lipinski definition) is 0. The monoisotopic (exact) mass is 280 g/mol. The molecule has 1 aromatic carbocycles. The summed E-state index contributed by atoms with van der Waals surface area (Å²) in [6, 6.07) is 6.70. The first kappa shape index (κ1) is 13.9. The molecule has 1 aromatic rings. The number of benzene rings is 1. The van der Waals surface area contributed by atoms with Crippen LogP contribution in [0.3, 0.4) is 0 Å². The first-order valence-electron chi connectivity index (χ1n) is 4.85. The Labute approximate surface area is 105 Å². The topological polar surface area (TPSA) is 35.5 Å². The molecule has 0 saturated heterocycles. The summed E-state index contributed by atoms with van der Waals surface area (Å²) >= 11 is 6.94. The molecular formula is C10H14ClO3PS. The van der Waals surface area contributed by atoms with E-state index in [4.69, 9.17) is 20.6 Å². The van der Waals surface area contributed by atoms with Crippen LogP contribution in [0, 0.1) is 0 Å². The van der Waals surface area contributed by atoms with Crippen LogP contribution in [-0.4, -0.2) is 12.9 Å². The van der Waals surface area contributed by atoms with Crippen molar-refractivity contribution in [3.05, 3.63) is 29.3 Å². The Hall–Kier alpha value is -0.150. The van der Waals surface area contributed by atoms with Gasteiger partial charge >= 0.3 is 6.80 Å². The fraction of sp³-hybridized carbons (Fsp3) is 0.400. The van der Waals surface area contributed by atoms with E-state index in [2.05, 4.69) is 0 Å². The summed E-state index contributed by atoms with van der Waals surface area (Å²) in [5.74, 6) is 1.23. The van der Waals surface area contributed by atoms with E-state index in [0.29, 0.717) is 10.8 Å². The van der Waals surface area contributed by atoms with Gasteiger partial charge in [-0.2, -0.15) is 0 Å². The molecule has 0 aromatic heterocycles. The van der Waals surface area contributed by atoms with Gasteiger partial charge in [0.05, 0.1) is 0 Å². The quantitative estimate of drug-likeness (QED) is 0.713. The third-order valence-electron chi connectivity index (χ3n) is 1.71. The molecule has 3 nitrogen and oxygen atoms in total. The molecule has 0 heterocycles. The maximum atomic E-state index is 12.1. The summed E-state index contributed by atoms with van der Waals surface area (Å²) in [7, 11) is 1.39. The zero-order valence-electron chi connectivity index (χ0n) is 9.18. The van der Waals surface area contributed by atoms with Crippen molar-refractivity contribution < 1.29 is 13.6 Å². The second-order valence-corrected chi connectivity index (χ2v) is 7.67. The fourth-order valence-corrected chi connectivity index (χ4v) is 4.04. The molecule has 0 radical (unpaired) electrons. The largest absolute Gasteiger partial charge is 0.439 e. The van der Waals surface area contributed by atoms with Gasteiger partial charge in [-0.15, -0.1) is 0 Å². The van der Waals surface area contributed by atoms with Crippen molar-refractivity contribution in [1.82, 2.24) is 0 Å². The van der Waals surface area contributed by atoms with Crippen molar-refractivity contribution in [1.29, 1.82) is 0 Å². The first-order chi connectivity index (χ1) is 7.59. The predicted octanol–water partition coefficient (Wildman–Crippen LogP) is 4.62. The lowest BCUT2D eigenvalue weighted by atomic mass is 10.3. The first-order valence-corrected chi connectivity index (χ1v) is 8.36. The fourth-order valence-electron chi connectivity index (χ4n) is 0.944. The van der Waals surface area contributed by atoms with Crippen LogP contribution >= 0.6 is 29.8 Å². The molecule has 6 heteroatoms. The van der Waals surface area contributed by atoms with Crippen molar-refractivity contribution in [2.45, 2.75) is 13.3 Å². The van der Waals surface area contributed by atoms with Crippen LogP contribution in [-0.2, 0) is 9.09 Å². The van der Waals surface area contributed by atoms with E-state index < -0.39 is 6.80 Å². The minimum atomic E-state index is -3.08. The summed E-state index contributed by atoms with van der Waals surface area (Å²) in [6.07, 6.45) is 0.919. The predicted molar refractivity (Wildman–Crippen MR) is 69.4 cm³/mol. The van der Waals surface area contributed by atoms with E-state index in [1.54, 1.807) is 24.3 Å². The second-order valence-electron chi connectivity index (χ2n) is 3.01. The van der Waals surface area contributed by atoms with Crippen molar-refractivity contribution in [3.63, 3.8) is 0 Å².